The van der Waals surface area contributed by atoms with Crippen molar-refractivity contribution in [3.05, 3.63) is 104 Å². The number of carbonyl (C=O) groups excluding carboxylic acids is 3. The van der Waals surface area contributed by atoms with E-state index in [4.69, 9.17) is 9.72 Å². The number of thiazole rings is 2. The largest absolute Gasteiger partial charge is 0.444 e. The van der Waals surface area contributed by atoms with Gasteiger partial charge in [0, 0.05) is 56.3 Å². The summed E-state index contributed by atoms with van der Waals surface area (Å²) in [6, 6.07) is 18.8. The number of hydrogen-bond donors (Lipinski definition) is 2. The molecule has 51 heavy (non-hydrogen) atoms. The summed E-state index contributed by atoms with van der Waals surface area (Å²) in [5.41, 5.74) is 4.75. The predicted octanol–water partition coefficient (Wildman–Crippen LogP) is 5.94. The molecule has 1 fully saturated rings. The first-order valence-electron chi connectivity index (χ1n) is 17.5. The van der Waals surface area contributed by atoms with Gasteiger partial charge >= 0.3 is 12.1 Å². The van der Waals surface area contributed by atoms with E-state index in [9.17, 15) is 14.4 Å². The summed E-state index contributed by atoms with van der Waals surface area (Å²) in [6.07, 6.45) is 3.63. The predicted molar refractivity (Wildman–Crippen MR) is 202 cm³/mol. The number of rotatable bonds is 15. The molecule has 2 N–H and O–H groups in total. The van der Waals surface area contributed by atoms with E-state index in [1.807, 2.05) is 61.0 Å². The molecule has 4 aromatic rings. The lowest BCUT2D eigenvalue weighted by Crippen LogP contribution is -2.62. The normalized spacial score (nSPS) is 16.0. The Balaban J connectivity index is 1.28. The lowest BCUT2D eigenvalue weighted by molar-refractivity contribution is -0.128. The highest BCUT2D eigenvalue weighted by atomic mass is 32.1. The molecule has 0 aliphatic carbocycles. The standard InChI is InChI=1S/C38H49N7O4S2/c1-27(2)36-41-32(25-50-36)22-44(4)38(48)45-18-17-43(3)23-34(45)35(46)40-30(19-28-11-7-5-8-12-28)15-16-31(20-29-13-9-6-10-14-29)42-37(47)49-24-33-21-39-26-51-33/h5-14,21,25-27,30-31,34H,15-20,22-24H2,1-4H3,(H,40,46)(H,42,47)/t30-,31-,34+/m0/s1. The average Bonchev–Trinajstić information content (AvgIpc) is 3.83. The molecule has 2 aromatic carbocycles. The first-order chi connectivity index (χ1) is 24.6. The van der Waals surface area contributed by atoms with Crippen LogP contribution < -0.4 is 10.6 Å². The number of nitrogens with one attached hydrogen (secondary N) is 2. The molecule has 4 amide bonds. The molecule has 1 aliphatic heterocycles. The molecule has 1 aliphatic rings. The van der Waals surface area contributed by atoms with Crippen LogP contribution in [0.15, 0.2) is 77.8 Å². The van der Waals surface area contributed by atoms with Crippen molar-refractivity contribution in [3.8, 4) is 0 Å². The molecule has 0 saturated carbocycles. The molecule has 1 saturated heterocycles. The minimum Gasteiger partial charge on any atom is -0.444 e. The molecule has 0 unspecified atom stereocenters. The minimum atomic E-state index is -0.654. The van der Waals surface area contributed by atoms with Gasteiger partial charge in [-0.3, -0.25) is 9.78 Å². The van der Waals surface area contributed by atoms with Crippen molar-refractivity contribution in [2.24, 2.45) is 0 Å². The number of benzene rings is 2. The fourth-order valence-electron chi connectivity index (χ4n) is 6.17. The van der Waals surface area contributed by atoms with Crippen molar-refractivity contribution in [2.45, 2.75) is 76.7 Å². The van der Waals surface area contributed by atoms with Crippen LogP contribution in [0.25, 0.3) is 0 Å². The van der Waals surface area contributed by atoms with Gasteiger partial charge in [-0.25, -0.2) is 14.6 Å². The Morgan fingerprint density at radius 1 is 0.941 bits per heavy atom. The molecule has 272 valence electrons. The van der Waals surface area contributed by atoms with E-state index >= 15 is 0 Å². The van der Waals surface area contributed by atoms with Gasteiger partial charge in [0.25, 0.3) is 0 Å². The van der Waals surface area contributed by atoms with Crippen molar-refractivity contribution in [2.75, 3.05) is 33.7 Å². The quantitative estimate of drug-likeness (QED) is 0.156. The number of likely N-dealkylation sites (N-methyl/N-ethyl adjacent to an activating group) is 1. The van der Waals surface area contributed by atoms with E-state index in [0.29, 0.717) is 57.8 Å². The van der Waals surface area contributed by atoms with Gasteiger partial charge in [0.05, 0.1) is 27.6 Å². The molecule has 2 aromatic heterocycles. The van der Waals surface area contributed by atoms with Crippen LogP contribution in [0, 0.1) is 0 Å². The first-order valence-corrected chi connectivity index (χ1v) is 19.2. The molecule has 0 radical (unpaired) electrons. The second-order valence-electron chi connectivity index (χ2n) is 13.5. The third kappa shape index (κ3) is 11.6. The van der Waals surface area contributed by atoms with Gasteiger partial charge in [0.1, 0.15) is 12.6 Å². The fourth-order valence-corrected chi connectivity index (χ4v) is 7.50. The number of urea groups is 1. The van der Waals surface area contributed by atoms with Crippen molar-refractivity contribution < 1.29 is 19.1 Å². The maximum atomic E-state index is 14.2. The maximum Gasteiger partial charge on any atom is 0.407 e. The Hall–Kier alpha value is -4.33. The SMILES string of the molecule is CC(C)c1nc(CN(C)C(=O)N2CCN(C)C[C@@H]2C(=O)N[C@@H](CC[C@@H](Cc2ccccc2)NC(=O)OCc2cncs2)Cc2ccccc2)cs1. The zero-order chi connectivity index (χ0) is 36.2. The van der Waals surface area contributed by atoms with Gasteiger partial charge in [0.2, 0.25) is 5.91 Å². The summed E-state index contributed by atoms with van der Waals surface area (Å²) in [7, 11) is 3.74. The number of carbonyl (C=O) groups is 3. The maximum absolute atomic E-state index is 14.2. The van der Waals surface area contributed by atoms with Crippen LogP contribution in [-0.2, 0) is 35.5 Å². The molecular formula is C38H49N7O4S2. The topological polar surface area (TPSA) is 120 Å². The van der Waals surface area contributed by atoms with Crippen LogP contribution >= 0.6 is 22.7 Å². The third-order valence-electron chi connectivity index (χ3n) is 8.93. The van der Waals surface area contributed by atoms with Crippen molar-refractivity contribution in [3.63, 3.8) is 0 Å². The summed E-state index contributed by atoms with van der Waals surface area (Å²) in [4.78, 5) is 56.0. The lowest BCUT2D eigenvalue weighted by Gasteiger charge is -2.41. The Labute approximate surface area is 309 Å². The van der Waals surface area contributed by atoms with Crippen LogP contribution in [0.4, 0.5) is 9.59 Å². The molecular weight excluding hydrogens is 683 g/mol. The Bertz CT molecular complexity index is 1670. The fraction of sp³-hybridized carbons (Fsp3) is 0.447. The van der Waals surface area contributed by atoms with Crippen LogP contribution in [0.2, 0.25) is 0 Å². The summed E-state index contributed by atoms with van der Waals surface area (Å²) in [5.74, 6) is 0.142. The van der Waals surface area contributed by atoms with E-state index in [-0.39, 0.29) is 30.6 Å². The molecule has 5 rings (SSSR count). The van der Waals surface area contributed by atoms with E-state index in [1.165, 1.54) is 11.3 Å². The Kier molecular flexibility index (Phi) is 14.0. The number of hydrogen-bond acceptors (Lipinski definition) is 9. The van der Waals surface area contributed by atoms with Gasteiger partial charge in [-0.1, -0.05) is 74.5 Å². The number of alkyl carbamates (subject to hydrolysis) is 1. The highest BCUT2D eigenvalue weighted by Gasteiger charge is 2.36. The Morgan fingerprint density at radius 2 is 1.59 bits per heavy atom. The van der Waals surface area contributed by atoms with Crippen molar-refractivity contribution >= 4 is 40.7 Å². The molecule has 0 spiro atoms. The monoisotopic (exact) mass is 731 g/mol. The summed E-state index contributed by atoms with van der Waals surface area (Å²) in [6.45, 7) is 6.30. The zero-order valence-electron chi connectivity index (χ0n) is 29.9. The van der Waals surface area contributed by atoms with Crippen LogP contribution in [-0.4, -0.2) is 94.6 Å². The average molecular weight is 732 g/mol. The molecule has 11 nitrogen and oxygen atoms in total. The highest BCUT2D eigenvalue weighted by Crippen LogP contribution is 2.21. The van der Waals surface area contributed by atoms with Crippen molar-refractivity contribution in [1.29, 1.82) is 0 Å². The van der Waals surface area contributed by atoms with E-state index in [2.05, 4.69) is 46.5 Å². The van der Waals surface area contributed by atoms with Crippen molar-refractivity contribution in [1.82, 2.24) is 35.3 Å². The van der Waals surface area contributed by atoms with Gasteiger partial charge in [-0.2, -0.15) is 0 Å². The summed E-state index contributed by atoms with van der Waals surface area (Å²) in [5, 5.41) is 9.44. The van der Waals surface area contributed by atoms with E-state index in [1.54, 1.807) is 39.9 Å². The zero-order valence-corrected chi connectivity index (χ0v) is 31.5. The third-order valence-corrected chi connectivity index (χ3v) is 10.9. The summed E-state index contributed by atoms with van der Waals surface area (Å²) >= 11 is 3.04. The number of nitrogens with zero attached hydrogens (tertiary/aromatic N) is 5. The van der Waals surface area contributed by atoms with Gasteiger partial charge in [0.15, 0.2) is 0 Å². The van der Waals surface area contributed by atoms with Crippen LogP contribution in [0.1, 0.15) is 59.3 Å². The van der Waals surface area contributed by atoms with Gasteiger partial charge < -0.3 is 30.1 Å². The van der Waals surface area contributed by atoms with E-state index in [0.717, 1.165) is 26.7 Å². The van der Waals surface area contributed by atoms with Gasteiger partial charge in [-0.05, 0) is 43.9 Å². The van der Waals surface area contributed by atoms with Crippen LogP contribution in [0.3, 0.4) is 0 Å². The smallest absolute Gasteiger partial charge is 0.407 e. The molecule has 13 heteroatoms. The number of aromatic nitrogens is 2. The number of piperazine rings is 1. The summed E-state index contributed by atoms with van der Waals surface area (Å²) < 4.78 is 5.51. The minimum absolute atomic E-state index is 0.157. The molecule has 3 heterocycles. The second-order valence-corrected chi connectivity index (χ2v) is 15.3. The van der Waals surface area contributed by atoms with Crippen LogP contribution in [0.5, 0.6) is 0 Å². The molecule has 0 bridgehead atoms. The second kappa shape index (κ2) is 18.8. The number of amides is 4. The van der Waals surface area contributed by atoms with E-state index < -0.39 is 12.1 Å². The highest BCUT2D eigenvalue weighted by molar-refractivity contribution is 7.09. The molecule has 3 atom stereocenters. The first kappa shape index (κ1) is 37.9. The Morgan fingerprint density at radius 3 is 2.18 bits per heavy atom. The van der Waals surface area contributed by atoms with Gasteiger partial charge in [-0.15, -0.1) is 22.7 Å². The number of ether oxygens (including phenoxy) is 1. The lowest BCUT2D eigenvalue weighted by atomic mass is 9.95.